The first kappa shape index (κ1) is 12.7. The Kier molecular flexibility index (Phi) is 4.70. The van der Waals surface area contributed by atoms with Crippen LogP contribution in [0.3, 0.4) is 0 Å². The van der Waals surface area contributed by atoms with Crippen molar-refractivity contribution >= 4 is 11.9 Å². The van der Waals surface area contributed by atoms with Gasteiger partial charge < -0.3 is 9.84 Å². The van der Waals surface area contributed by atoms with Crippen LogP contribution in [-0.2, 0) is 9.53 Å². The number of hydrogen-bond acceptors (Lipinski definition) is 4. The first-order valence-corrected chi connectivity index (χ1v) is 5.02. The van der Waals surface area contributed by atoms with Crippen LogP contribution in [0.25, 0.3) is 0 Å². The molecule has 0 aromatic heterocycles. The van der Waals surface area contributed by atoms with Crippen LogP contribution in [0.4, 0.5) is 0 Å². The van der Waals surface area contributed by atoms with Gasteiger partial charge in [-0.1, -0.05) is 6.07 Å². The summed E-state index contributed by atoms with van der Waals surface area (Å²) in [5.41, 5.74) is 0.671. The Hall–Kier alpha value is -2.35. The van der Waals surface area contributed by atoms with Gasteiger partial charge >= 0.3 is 11.9 Å². The molecule has 0 bridgehead atoms. The van der Waals surface area contributed by atoms with Gasteiger partial charge in [-0.3, -0.25) is 4.79 Å². The maximum atomic E-state index is 11.5. The van der Waals surface area contributed by atoms with E-state index < -0.39 is 11.9 Å². The van der Waals surface area contributed by atoms with Crippen molar-refractivity contribution in [1.29, 1.82) is 5.26 Å². The monoisotopic (exact) mass is 233 g/mol. The average molecular weight is 233 g/mol. The van der Waals surface area contributed by atoms with Gasteiger partial charge in [-0.2, -0.15) is 5.26 Å². The molecule has 0 aliphatic heterocycles. The minimum atomic E-state index is -0.924. The fourth-order valence-electron chi connectivity index (χ4n) is 1.19. The number of nitriles is 1. The Morgan fingerprint density at radius 1 is 1.41 bits per heavy atom. The molecule has 1 aromatic rings. The van der Waals surface area contributed by atoms with Crippen molar-refractivity contribution in [2.24, 2.45) is 0 Å². The van der Waals surface area contributed by atoms with E-state index in [1.807, 2.05) is 6.07 Å². The van der Waals surface area contributed by atoms with Crippen LogP contribution in [0.15, 0.2) is 24.3 Å². The number of carbonyl (C=O) groups excluding carboxylic acids is 1. The molecule has 0 saturated heterocycles. The summed E-state index contributed by atoms with van der Waals surface area (Å²) in [6, 6.07) is 8.07. The van der Waals surface area contributed by atoms with E-state index in [9.17, 15) is 9.59 Å². The molecule has 1 aromatic carbocycles. The lowest BCUT2D eigenvalue weighted by atomic mass is 10.1. The summed E-state index contributed by atoms with van der Waals surface area (Å²) in [5.74, 6) is -1.47. The van der Waals surface area contributed by atoms with Crippen LogP contribution in [-0.4, -0.2) is 23.7 Å². The Balaban J connectivity index is 2.47. The number of esters is 1. The molecule has 88 valence electrons. The lowest BCUT2D eigenvalue weighted by Crippen LogP contribution is -2.08. The molecule has 0 atom stereocenters. The fraction of sp³-hybridized carbons (Fsp3) is 0.250. The molecule has 17 heavy (non-hydrogen) atoms. The quantitative estimate of drug-likeness (QED) is 0.616. The number of ether oxygens (including phenoxy) is 1. The molecule has 0 radical (unpaired) electrons. The third-order valence-corrected chi connectivity index (χ3v) is 2.00. The molecule has 1 rings (SSSR count). The summed E-state index contributed by atoms with van der Waals surface area (Å²) in [6.07, 6.45) is 0.241. The first-order chi connectivity index (χ1) is 8.13. The zero-order valence-corrected chi connectivity index (χ0v) is 9.05. The number of rotatable bonds is 5. The van der Waals surface area contributed by atoms with E-state index in [0.29, 0.717) is 11.1 Å². The van der Waals surface area contributed by atoms with Crippen molar-refractivity contribution in [3.63, 3.8) is 0 Å². The zero-order valence-electron chi connectivity index (χ0n) is 9.05. The van der Waals surface area contributed by atoms with Gasteiger partial charge in [0.05, 0.1) is 23.8 Å². The zero-order chi connectivity index (χ0) is 12.7. The summed E-state index contributed by atoms with van der Waals surface area (Å²) in [4.78, 5) is 21.7. The van der Waals surface area contributed by atoms with Crippen molar-refractivity contribution in [2.45, 2.75) is 12.8 Å². The second kappa shape index (κ2) is 6.28. The van der Waals surface area contributed by atoms with Crippen molar-refractivity contribution in [1.82, 2.24) is 0 Å². The van der Waals surface area contributed by atoms with E-state index in [4.69, 9.17) is 15.1 Å². The molecule has 0 heterocycles. The SMILES string of the molecule is N#Cc1cccc(C(=O)OCCCC(=O)O)c1. The Bertz CT molecular complexity index is 462. The minimum Gasteiger partial charge on any atom is -0.481 e. The van der Waals surface area contributed by atoms with Crippen molar-refractivity contribution in [3.8, 4) is 6.07 Å². The third kappa shape index (κ3) is 4.34. The highest BCUT2D eigenvalue weighted by molar-refractivity contribution is 5.89. The number of benzene rings is 1. The molecule has 0 aliphatic carbocycles. The molecule has 0 fully saturated rings. The third-order valence-electron chi connectivity index (χ3n) is 2.00. The summed E-state index contributed by atoms with van der Waals surface area (Å²) in [7, 11) is 0. The van der Waals surface area contributed by atoms with Crippen LogP contribution < -0.4 is 0 Å². The van der Waals surface area contributed by atoms with Gasteiger partial charge in [0, 0.05) is 6.42 Å². The van der Waals surface area contributed by atoms with Gasteiger partial charge in [0.2, 0.25) is 0 Å². The number of hydrogen-bond donors (Lipinski definition) is 1. The predicted octanol–water partition coefficient (Wildman–Crippen LogP) is 1.58. The lowest BCUT2D eigenvalue weighted by Gasteiger charge is -2.03. The van der Waals surface area contributed by atoms with Crippen LogP contribution in [0.2, 0.25) is 0 Å². The van der Waals surface area contributed by atoms with Crippen molar-refractivity contribution < 1.29 is 19.4 Å². The smallest absolute Gasteiger partial charge is 0.338 e. The Morgan fingerprint density at radius 3 is 2.82 bits per heavy atom. The van der Waals surface area contributed by atoms with E-state index in [1.54, 1.807) is 18.2 Å². The number of carbonyl (C=O) groups is 2. The minimum absolute atomic E-state index is 0.0362. The maximum absolute atomic E-state index is 11.5. The van der Waals surface area contributed by atoms with Gasteiger partial charge in [-0.15, -0.1) is 0 Å². The molecule has 0 saturated carbocycles. The predicted molar refractivity (Wildman–Crippen MR) is 58.3 cm³/mol. The highest BCUT2D eigenvalue weighted by atomic mass is 16.5. The molecule has 5 heteroatoms. The molecular formula is C12H11NO4. The van der Waals surface area contributed by atoms with Gasteiger partial charge in [0.25, 0.3) is 0 Å². The highest BCUT2D eigenvalue weighted by Crippen LogP contribution is 2.06. The number of carboxylic acid groups (broad SMARTS) is 1. The molecular weight excluding hydrogens is 222 g/mol. The van der Waals surface area contributed by atoms with E-state index in [-0.39, 0.29) is 19.4 Å². The molecule has 0 spiro atoms. The summed E-state index contributed by atoms with van der Waals surface area (Å²) in [5, 5.41) is 17.0. The fourth-order valence-corrected chi connectivity index (χ4v) is 1.19. The van der Waals surface area contributed by atoms with Gasteiger partial charge in [-0.25, -0.2) is 4.79 Å². The molecule has 1 N–H and O–H groups in total. The summed E-state index contributed by atoms with van der Waals surface area (Å²) in [6.45, 7) is 0.0575. The number of carboxylic acids is 1. The molecule has 0 amide bonds. The average Bonchev–Trinajstić information content (AvgIpc) is 2.34. The molecule has 0 unspecified atom stereocenters. The Labute approximate surface area is 98.2 Å². The van der Waals surface area contributed by atoms with E-state index in [1.165, 1.54) is 6.07 Å². The van der Waals surface area contributed by atoms with Crippen molar-refractivity contribution in [3.05, 3.63) is 35.4 Å². The standard InChI is InChI=1S/C12H11NO4/c13-8-9-3-1-4-10(7-9)12(16)17-6-2-5-11(14)15/h1,3-4,7H,2,5-6H2,(H,14,15). The van der Waals surface area contributed by atoms with Gasteiger partial charge in [-0.05, 0) is 24.6 Å². The lowest BCUT2D eigenvalue weighted by molar-refractivity contribution is -0.137. The number of aliphatic carboxylic acids is 1. The summed E-state index contributed by atoms with van der Waals surface area (Å²) < 4.78 is 4.87. The number of nitrogens with zero attached hydrogens (tertiary/aromatic N) is 1. The van der Waals surface area contributed by atoms with E-state index >= 15 is 0 Å². The molecule has 0 aliphatic rings. The summed E-state index contributed by atoms with van der Waals surface area (Å²) >= 11 is 0. The second-order valence-electron chi connectivity index (χ2n) is 3.33. The maximum Gasteiger partial charge on any atom is 0.338 e. The van der Waals surface area contributed by atoms with Crippen LogP contribution in [0.5, 0.6) is 0 Å². The van der Waals surface area contributed by atoms with Crippen molar-refractivity contribution in [2.75, 3.05) is 6.61 Å². The van der Waals surface area contributed by atoms with Gasteiger partial charge in [0.1, 0.15) is 0 Å². The van der Waals surface area contributed by atoms with E-state index in [0.717, 1.165) is 0 Å². The molecule has 5 nitrogen and oxygen atoms in total. The van der Waals surface area contributed by atoms with Crippen LogP contribution in [0, 0.1) is 11.3 Å². The Morgan fingerprint density at radius 2 is 2.18 bits per heavy atom. The van der Waals surface area contributed by atoms with E-state index in [2.05, 4.69) is 0 Å². The normalized spacial score (nSPS) is 9.35. The van der Waals surface area contributed by atoms with Crippen LogP contribution in [0.1, 0.15) is 28.8 Å². The van der Waals surface area contributed by atoms with Gasteiger partial charge in [0.15, 0.2) is 0 Å². The highest BCUT2D eigenvalue weighted by Gasteiger charge is 2.07. The van der Waals surface area contributed by atoms with Crippen LogP contribution >= 0.6 is 0 Å². The first-order valence-electron chi connectivity index (χ1n) is 5.02. The second-order valence-corrected chi connectivity index (χ2v) is 3.33. The topological polar surface area (TPSA) is 87.4 Å². The largest absolute Gasteiger partial charge is 0.481 e.